The molecule has 3 heterocycles. The molecule has 1 aromatic rings. The molecule has 7 nitrogen and oxygen atoms in total. The first-order valence-electron chi connectivity index (χ1n) is 13.5. The number of ether oxygens (including phenoxy) is 1. The first kappa shape index (κ1) is 22.5. The average molecular weight is 489 g/mol. The van der Waals surface area contributed by atoms with Gasteiger partial charge in [0, 0.05) is 23.6 Å². The molecule has 3 aliphatic heterocycles. The van der Waals surface area contributed by atoms with Gasteiger partial charge in [0.25, 0.3) is 0 Å². The normalized spacial score (nSPS) is 43.9. The van der Waals surface area contributed by atoms with Gasteiger partial charge in [-0.2, -0.15) is 5.10 Å². The maximum atomic E-state index is 11.3. The lowest BCUT2D eigenvalue weighted by Gasteiger charge is -2.48. The van der Waals surface area contributed by atoms with Crippen molar-refractivity contribution in [1.82, 2.24) is 5.01 Å². The monoisotopic (exact) mass is 488 g/mol. The predicted molar refractivity (Wildman–Crippen MR) is 138 cm³/mol. The fourth-order valence-electron chi connectivity index (χ4n) is 7.85. The molecule has 7 rings (SSSR count). The highest BCUT2D eigenvalue weighted by molar-refractivity contribution is 5.85. The van der Waals surface area contributed by atoms with Crippen LogP contribution in [0.1, 0.15) is 57.9 Å². The Morgan fingerprint density at radius 3 is 3.03 bits per heavy atom. The van der Waals surface area contributed by atoms with E-state index in [9.17, 15) is 9.90 Å². The number of carboxylic acid groups (broad SMARTS) is 1. The average Bonchev–Trinajstić information content (AvgIpc) is 3.63. The van der Waals surface area contributed by atoms with Crippen molar-refractivity contribution in [1.29, 1.82) is 0 Å². The molecule has 1 saturated heterocycles. The molecule has 7 atom stereocenters. The number of hydrogen-bond acceptors (Lipinski definition) is 6. The van der Waals surface area contributed by atoms with E-state index in [1.807, 2.05) is 0 Å². The quantitative estimate of drug-likeness (QED) is 0.553. The SMILES string of the molecule is CC1C2/C(=C3\CNc4ccccc4C3)C=NN2C2(N)CC2(C)C1OC12CCC(CC(=O)O)=CCC1C2. The van der Waals surface area contributed by atoms with Gasteiger partial charge in [-0.1, -0.05) is 43.7 Å². The topological polar surface area (TPSA) is 100 Å². The Labute approximate surface area is 212 Å². The number of piperidine rings is 1. The Morgan fingerprint density at radius 1 is 1.36 bits per heavy atom. The number of aliphatic carboxylic acids is 1. The van der Waals surface area contributed by atoms with Crippen LogP contribution < -0.4 is 11.1 Å². The number of nitrogens with one attached hydrogen (secondary N) is 1. The maximum Gasteiger partial charge on any atom is 0.307 e. The summed E-state index contributed by atoms with van der Waals surface area (Å²) in [6.07, 6.45) is 9.96. The third-order valence-electron chi connectivity index (χ3n) is 10.2. The summed E-state index contributed by atoms with van der Waals surface area (Å²) in [5.74, 6) is -0.00487. The molecule has 190 valence electrons. The van der Waals surface area contributed by atoms with Crippen LogP contribution in [0.4, 0.5) is 5.69 Å². The second kappa shape index (κ2) is 7.45. The number of hydrazone groups is 1. The van der Waals surface area contributed by atoms with Crippen molar-refractivity contribution in [2.75, 3.05) is 11.9 Å². The largest absolute Gasteiger partial charge is 0.481 e. The minimum Gasteiger partial charge on any atom is -0.481 e. The van der Waals surface area contributed by atoms with E-state index in [2.05, 4.69) is 60.7 Å². The maximum absolute atomic E-state index is 11.3. The van der Waals surface area contributed by atoms with Crippen molar-refractivity contribution in [2.45, 2.75) is 82.2 Å². The zero-order valence-corrected chi connectivity index (χ0v) is 21.2. The minimum absolute atomic E-state index is 0.0518. The number of carboxylic acids is 1. The van der Waals surface area contributed by atoms with Crippen molar-refractivity contribution in [3.8, 4) is 0 Å². The first-order chi connectivity index (χ1) is 17.2. The fourth-order valence-corrected chi connectivity index (χ4v) is 7.85. The Morgan fingerprint density at radius 2 is 2.19 bits per heavy atom. The van der Waals surface area contributed by atoms with Crippen molar-refractivity contribution < 1.29 is 14.6 Å². The summed E-state index contributed by atoms with van der Waals surface area (Å²) in [5.41, 5.74) is 12.6. The number of anilines is 1. The smallest absolute Gasteiger partial charge is 0.307 e. The summed E-state index contributed by atoms with van der Waals surface area (Å²) in [5, 5.41) is 20.0. The van der Waals surface area contributed by atoms with E-state index in [0.717, 1.165) is 50.6 Å². The van der Waals surface area contributed by atoms with E-state index < -0.39 is 11.6 Å². The molecule has 6 aliphatic rings. The van der Waals surface area contributed by atoms with Gasteiger partial charge in [0.2, 0.25) is 0 Å². The number of fused-ring (bicyclic) bond motifs is 5. The summed E-state index contributed by atoms with van der Waals surface area (Å²) in [4.78, 5) is 11.3. The van der Waals surface area contributed by atoms with E-state index in [4.69, 9.17) is 15.6 Å². The molecule has 0 aromatic heterocycles. The Bertz CT molecular complexity index is 1240. The van der Waals surface area contributed by atoms with Crippen LogP contribution in [0.3, 0.4) is 0 Å². The van der Waals surface area contributed by atoms with Gasteiger partial charge in [-0.25, -0.2) is 0 Å². The number of allylic oxidation sites excluding steroid dienone is 1. The van der Waals surface area contributed by atoms with Gasteiger partial charge in [-0.3, -0.25) is 9.80 Å². The van der Waals surface area contributed by atoms with Crippen LogP contribution in [-0.2, 0) is 16.0 Å². The first-order valence-corrected chi connectivity index (χ1v) is 13.5. The van der Waals surface area contributed by atoms with Crippen LogP contribution in [0.15, 0.2) is 52.2 Å². The number of hydrogen-bond donors (Lipinski definition) is 3. The highest BCUT2D eigenvalue weighted by atomic mass is 16.5. The molecule has 7 unspecified atom stereocenters. The molecule has 3 aliphatic carbocycles. The Kier molecular flexibility index (Phi) is 4.67. The van der Waals surface area contributed by atoms with Crippen LogP contribution in [0.2, 0.25) is 0 Å². The minimum atomic E-state index is -0.743. The summed E-state index contributed by atoms with van der Waals surface area (Å²) in [6.45, 7) is 5.44. The van der Waals surface area contributed by atoms with Gasteiger partial charge in [-0.05, 0) is 67.2 Å². The number of nitrogens with zero attached hydrogens (tertiary/aromatic N) is 2. The molecule has 2 saturated carbocycles. The molecule has 0 amide bonds. The van der Waals surface area contributed by atoms with E-state index in [0.29, 0.717) is 5.92 Å². The number of benzene rings is 1. The van der Waals surface area contributed by atoms with Gasteiger partial charge < -0.3 is 20.9 Å². The molecule has 7 heteroatoms. The van der Waals surface area contributed by atoms with Crippen LogP contribution in [-0.4, -0.2) is 52.3 Å². The lowest BCUT2D eigenvalue weighted by molar-refractivity contribution is -0.146. The van der Waals surface area contributed by atoms with Crippen LogP contribution in [0, 0.1) is 17.3 Å². The summed E-state index contributed by atoms with van der Waals surface area (Å²) in [6, 6.07) is 8.67. The zero-order chi connectivity index (χ0) is 24.9. The van der Waals surface area contributed by atoms with E-state index >= 15 is 0 Å². The van der Waals surface area contributed by atoms with Crippen molar-refractivity contribution in [3.63, 3.8) is 0 Å². The van der Waals surface area contributed by atoms with Gasteiger partial charge in [0.05, 0.1) is 30.4 Å². The van der Waals surface area contributed by atoms with E-state index in [1.54, 1.807) is 0 Å². The third kappa shape index (κ3) is 3.11. The van der Waals surface area contributed by atoms with Crippen LogP contribution in [0.5, 0.6) is 0 Å². The van der Waals surface area contributed by atoms with Crippen molar-refractivity contribution in [3.05, 3.63) is 52.6 Å². The van der Waals surface area contributed by atoms with Gasteiger partial charge in [0.1, 0.15) is 5.66 Å². The summed E-state index contributed by atoms with van der Waals surface area (Å²) >= 11 is 0. The predicted octanol–water partition coefficient (Wildman–Crippen LogP) is 4.06. The molecular formula is C29H36N4O3. The molecule has 4 N–H and O–H groups in total. The molecule has 0 radical (unpaired) electrons. The molecule has 36 heavy (non-hydrogen) atoms. The second-order valence-corrected chi connectivity index (χ2v) is 12.3. The van der Waals surface area contributed by atoms with Crippen LogP contribution >= 0.6 is 0 Å². The van der Waals surface area contributed by atoms with Crippen molar-refractivity contribution in [2.24, 2.45) is 28.1 Å². The second-order valence-electron chi connectivity index (χ2n) is 12.3. The molecular weight excluding hydrogens is 452 g/mol. The van der Waals surface area contributed by atoms with E-state index in [1.165, 1.54) is 22.4 Å². The molecule has 1 aromatic carbocycles. The number of para-hydroxylation sites is 1. The molecule has 0 spiro atoms. The standard InChI is InChI=1S/C29H36N4O3/c1-17-25-22(20-12-19-5-3-4-6-23(19)31-14-20)15-32-33(25)29(30)16-27(29,2)26(17)36-28-10-9-18(11-24(34)35)7-8-21(28)13-28/h3-7,15,17,21,25-26,31H,8-14,16,30H2,1-2H3,(H,34,35)/b22-20-. The zero-order valence-electron chi connectivity index (χ0n) is 21.2. The summed E-state index contributed by atoms with van der Waals surface area (Å²) < 4.78 is 7.18. The van der Waals surface area contributed by atoms with Gasteiger partial charge in [-0.15, -0.1) is 0 Å². The third-order valence-corrected chi connectivity index (χ3v) is 10.2. The number of rotatable bonds is 4. The Balaban J connectivity index is 1.16. The lowest BCUT2D eigenvalue weighted by atomic mass is 9.76. The fraction of sp³-hybridized carbons (Fsp3) is 0.586. The lowest BCUT2D eigenvalue weighted by Crippen LogP contribution is -2.62. The highest BCUT2D eigenvalue weighted by Gasteiger charge is 2.77. The van der Waals surface area contributed by atoms with Crippen molar-refractivity contribution >= 4 is 17.9 Å². The molecule has 0 bridgehead atoms. The van der Waals surface area contributed by atoms with E-state index in [-0.39, 0.29) is 35.5 Å². The molecule has 3 fully saturated rings. The highest BCUT2D eigenvalue weighted by Crippen LogP contribution is 2.68. The number of carbonyl (C=O) groups is 1. The van der Waals surface area contributed by atoms with Crippen LogP contribution in [0.25, 0.3) is 0 Å². The summed E-state index contributed by atoms with van der Waals surface area (Å²) in [7, 11) is 0. The Hall–Kier alpha value is -2.64. The van der Waals surface area contributed by atoms with Gasteiger partial charge in [0.15, 0.2) is 0 Å². The number of nitrogens with two attached hydrogens (primary N) is 1. The van der Waals surface area contributed by atoms with Gasteiger partial charge >= 0.3 is 5.97 Å².